The van der Waals surface area contributed by atoms with Crippen LogP contribution in [0.4, 0.5) is 0 Å². The van der Waals surface area contributed by atoms with Gasteiger partial charge in [0.1, 0.15) is 41.1 Å². The Morgan fingerprint density at radius 3 is 2.00 bits per heavy atom. The highest BCUT2D eigenvalue weighted by atomic mass is 16.7. The fraction of sp³-hybridized carbons (Fsp3) is 0.423. The molecule has 0 amide bonds. The summed E-state index contributed by atoms with van der Waals surface area (Å²) in [6.07, 6.45) is -7.73. The van der Waals surface area contributed by atoms with Gasteiger partial charge in [0.15, 0.2) is 28.8 Å². The number of phenolic OH excluding ortho intramolecular Hbond substituents is 1. The molecular formula is C26H30O14. The van der Waals surface area contributed by atoms with Gasteiger partial charge in [-0.05, 0) is 6.07 Å². The summed E-state index contributed by atoms with van der Waals surface area (Å²) >= 11 is 0. The fourth-order valence-corrected chi connectivity index (χ4v) is 4.42. The molecule has 1 aliphatic heterocycles. The second kappa shape index (κ2) is 11.7. The predicted octanol–water partition coefficient (Wildman–Crippen LogP) is 0.387. The molecule has 4 rings (SSSR count). The first-order valence-electron chi connectivity index (χ1n) is 11.9. The average Bonchev–Trinajstić information content (AvgIpc) is 2.96. The maximum Gasteiger partial charge on any atom is 0.239 e. The summed E-state index contributed by atoms with van der Waals surface area (Å²) in [5, 5.41) is 50.7. The number of hydrogen-bond acceptors (Lipinski definition) is 14. The van der Waals surface area contributed by atoms with Gasteiger partial charge in [-0.1, -0.05) is 0 Å². The van der Waals surface area contributed by atoms with Gasteiger partial charge < -0.3 is 63.1 Å². The van der Waals surface area contributed by atoms with E-state index in [0.717, 1.165) is 0 Å². The van der Waals surface area contributed by atoms with Crippen LogP contribution in [0.15, 0.2) is 27.4 Å². The van der Waals surface area contributed by atoms with E-state index < -0.39 is 48.5 Å². The molecule has 0 unspecified atom stereocenters. The second-order valence-electron chi connectivity index (χ2n) is 8.65. The molecule has 40 heavy (non-hydrogen) atoms. The number of benzene rings is 2. The van der Waals surface area contributed by atoms with E-state index >= 15 is 0 Å². The maximum atomic E-state index is 13.5. The Kier molecular flexibility index (Phi) is 8.46. The van der Waals surface area contributed by atoms with Gasteiger partial charge in [0, 0.05) is 12.1 Å². The number of aromatic hydroxyl groups is 1. The van der Waals surface area contributed by atoms with E-state index in [1.165, 1.54) is 53.7 Å². The molecule has 5 N–H and O–H groups in total. The van der Waals surface area contributed by atoms with Gasteiger partial charge in [-0.3, -0.25) is 4.79 Å². The van der Waals surface area contributed by atoms with Crippen molar-refractivity contribution < 1.29 is 63.1 Å². The number of hydrogen-bond donors (Lipinski definition) is 5. The molecule has 2 aromatic carbocycles. The van der Waals surface area contributed by atoms with Crippen LogP contribution in [0.25, 0.3) is 22.3 Å². The molecule has 1 saturated heterocycles. The Balaban J connectivity index is 1.92. The van der Waals surface area contributed by atoms with Gasteiger partial charge in [0.2, 0.25) is 23.2 Å². The van der Waals surface area contributed by atoms with Crippen molar-refractivity contribution in [1.82, 2.24) is 0 Å². The first-order valence-corrected chi connectivity index (χ1v) is 11.9. The van der Waals surface area contributed by atoms with Crippen LogP contribution in [0.3, 0.4) is 0 Å². The van der Waals surface area contributed by atoms with Crippen molar-refractivity contribution in [3.8, 4) is 51.6 Å². The molecule has 218 valence electrons. The quantitative estimate of drug-likeness (QED) is 0.238. The number of aliphatic hydroxyl groups excluding tert-OH is 4. The van der Waals surface area contributed by atoms with Crippen molar-refractivity contribution in [3.63, 3.8) is 0 Å². The first kappa shape index (κ1) is 29.0. The molecule has 0 bridgehead atoms. The van der Waals surface area contributed by atoms with Crippen molar-refractivity contribution in [2.75, 3.05) is 42.2 Å². The van der Waals surface area contributed by atoms with Gasteiger partial charge in [-0.2, -0.15) is 0 Å². The molecule has 0 radical (unpaired) electrons. The van der Waals surface area contributed by atoms with Crippen molar-refractivity contribution in [2.45, 2.75) is 30.7 Å². The number of aliphatic hydroxyl groups is 4. The van der Waals surface area contributed by atoms with Gasteiger partial charge >= 0.3 is 0 Å². The van der Waals surface area contributed by atoms with Crippen LogP contribution in [-0.2, 0) is 4.74 Å². The largest absolute Gasteiger partial charge is 0.504 e. The third kappa shape index (κ3) is 4.80. The zero-order chi connectivity index (χ0) is 29.3. The molecule has 14 heteroatoms. The molecule has 5 atom stereocenters. The van der Waals surface area contributed by atoms with Gasteiger partial charge in [-0.15, -0.1) is 0 Å². The van der Waals surface area contributed by atoms with E-state index in [4.69, 9.17) is 37.6 Å². The molecule has 1 fully saturated rings. The summed E-state index contributed by atoms with van der Waals surface area (Å²) in [5.41, 5.74) is -0.662. The molecule has 1 aliphatic rings. The van der Waals surface area contributed by atoms with Crippen molar-refractivity contribution >= 4 is 11.0 Å². The molecule has 1 aromatic heterocycles. The lowest BCUT2D eigenvalue weighted by molar-refractivity contribution is -0.277. The smallest absolute Gasteiger partial charge is 0.239 e. The van der Waals surface area contributed by atoms with E-state index in [2.05, 4.69) is 0 Å². The first-order chi connectivity index (χ1) is 19.1. The number of phenols is 1. The standard InChI is InChI=1S/C26H30O14/c1-33-11-7-12(34-2)13(39-26-22(32)21(31)18(28)16(9-27)40-26)6-10(11)23-25(37-5)20(30)17-14(38-23)8-15(35-3)24(36-4)19(17)29/h6-8,16,18,21-22,26-29,31-32H,9H2,1-5H3/t16-,18-,21-,22-,26-/m0/s1. The molecule has 3 aromatic rings. The Morgan fingerprint density at radius 1 is 0.775 bits per heavy atom. The van der Waals surface area contributed by atoms with Gasteiger partial charge in [-0.25, -0.2) is 0 Å². The molecule has 0 aliphatic carbocycles. The Bertz CT molecular complexity index is 1430. The maximum absolute atomic E-state index is 13.5. The van der Waals surface area contributed by atoms with E-state index in [1.807, 2.05) is 0 Å². The fourth-order valence-electron chi connectivity index (χ4n) is 4.42. The van der Waals surface area contributed by atoms with E-state index in [0.29, 0.717) is 0 Å². The lowest BCUT2D eigenvalue weighted by Crippen LogP contribution is -2.60. The SMILES string of the molecule is COc1cc(OC)c(-c2oc3cc(OC)c(OC)c(O)c3c(=O)c2OC)cc1O[C@H]1O[C@@H](CO)[C@H](O)[C@H](O)[C@@H]1O. The number of fused-ring (bicyclic) bond motifs is 1. The van der Waals surface area contributed by atoms with Crippen LogP contribution in [0, 0.1) is 0 Å². The number of methoxy groups -OCH3 is 5. The summed E-state index contributed by atoms with van der Waals surface area (Å²) in [6.45, 7) is -0.656. The summed E-state index contributed by atoms with van der Waals surface area (Å²) in [7, 11) is 6.59. The number of rotatable bonds is 9. The van der Waals surface area contributed by atoms with Gasteiger partial charge in [0.25, 0.3) is 0 Å². The van der Waals surface area contributed by atoms with Gasteiger partial charge in [0.05, 0.1) is 47.7 Å². The van der Waals surface area contributed by atoms with Crippen molar-refractivity contribution in [3.05, 3.63) is 28.4 Å². The van der Waals surface area contributed by atoms with Crippen LogP contribution in [-0.4, -0.2) is 98.4 Å². The van der Waals surface area contributed by atoms with E-state index in [1.54, 1.807) is 0 Å². The lowest BCUT2D eigenvalue weighted by atomic mass is 9.99. The molecule has 2 heterocycles. The second-order valence-corrected chi connectivity index (χ2v) is 8.65. The minimum atomic E-state index is -1.70. The average molecular weight is 567 g/mol. The summed E-state index contributed by atoms with van der Waals surface area (Å²) in [4.78, 5) is 13.5. The predicted molar refractivity (Wildman–Crippen MR) is 137 cm³/mol. The van der Waals surface area contributed by atoms with Crippen LogP contribution in [0.1, 0.15) is 0 Å². The third-order valence-corrected chi connectivity index (χ3v) is 6.49. The Hall–Kier alpha value is -3.95. The number of ether oxygens (including phenoxy) is 7. The Morgan fingerprint density at radius 2 is 1.43 bits per heavy atom. The van der Waals surface area contributed by atoms with Crippen LogP contribution in [0.2, 0.25) is 0 Å². The molecule has 14 nitrogen and oxygen atoms in total. The van der Waals surface area contributed by atoms with Crippen molar-refractivity contribution in [1.29, 1.82) is 0 Å². The van der Waals surface area contributed by atoms with Crippen LogP contribution < -0.4 is 33.8 Å². The highest BCUT2D eigenvalue weighted by molar-refractivity contribution is 5.92. The Labute approximate surface area is 227 Å². The highest BCUT2D eigenvalue weighted by Crippen LogP contribution is 2.47. The summed E-state index contributed by atoms with van der Waals surface area (Å²) < 4.78 is 44.0. The van der Waals surface area contributed by atoms with Crippen LogP contribution >= 0.6 is 0 Å². The molecule has 0 spiro atoms. The third-order valence-electron chi connectivity index (χ3n) is 6.49. The molecule has 0 saturated carbocycles. The monoisotopic (exact) mass is 566 g/mol. The lowest BCUT2D eigenvalue weighted by Gasteiger charge is -2.39. The normalized spacial score (nSPS) is 22.6. The van der Waals surface area contributed by atoms with Crippen molar-refractivity contribution in [2.24, 2.45) is 0 Å². The minimum Gasteiger partial charge on any atom is -0.504 e. The zero-order valence-electron chi connectivity index (χ0n) is 22.2. The summed E-state index contributed by atoms with van der Waals surface area (Å²) in [5.74, 6) is -0.699. The topological polar surface area (TPSA) is 196 Å². The molecular weight excluding hydrogens is 536 g/mol. The zero-order valence-corrected chi connectivity index (χ0v) is 22.2. The van der Waals surface area contributed by atoms with E-state index in [9.17, 15) is 30.3 Å². The van der Waals surface area contributed by atoms with E-state index in [-0.39, 0.29) is 56.8 Å². The highest BCUT2D eigenvalue weighted by Gasteiger charge is 2.45. The van der Waals surface area contributed by atoms with Crippen LogP contribution in [0.5, 0.6) is 40.2 Å². The summed E-state index contributed by atoms with van der Waals surface area (Å²) in [6, 6.07) is 4.12. The minimum absolute atomic E-state index is 0.0532.